The highest BCUT2D eigenvalue weighted by atomic mass is 32.2. The van der Waals surface area contributed by atoms with Crippen LogP contribution in [0.2, 0.25) is 0 Å². The average molecular weight is 504 g/mol. The monoisotopic (exact) mass is 503 g/mol. The number of aryl methyl sites for hydroxylation is 2. The fraction of sp³-hybridized carbons (Fsp3) is 0.227. The molecule has 12 heteroatoms. The van der Waals surface area contributed by atoms with Gasteiger partial charge in [0, 0.05) is 17.6 Å². The van der Waals surface area contributed by atoms with Gasteiger partial charge in [-0.15, -0.1) is 0 Å². The van der Waals surface area contributed by atoms with Gasteiger partial charge in [-0.25, -0.2) is 31.5 Å². The number of rotatable bonds is 9. The Bertz CT molecular complexity index is 1390. The molecule has 1 heterocycles. The molecule has 1 amide bonds. The zero-order chi connectivity index (χ0) is 24.9. The van der Waals surface area contributed by atoms with Crippen molar-refractivity contribution in [1.29, 1.82) is 0 Å². The van der Waals surface area contributed by atoms with Crippen molar-refractivity contribution in [3.05, 3.63) is 72.1 Å². The van der Waals surface area contributed by atoms with Crippen molar-refractivity contribution in [3.63, 3.8) is 0 Å². The SMILES string of the molecule is CCc1ccccc1N(CC(=O)Nc1ccc(S(=O)(=O)Nc2nccc(C)n2)cc1)S(C)(=O)=O. The summed E-state index contributed by atoms with van der Waals surface area (Å²) < 4.78 is 53.2. The van der Waals surface area contributed by atoms with E-state index in [-0.39, 0.29) is 10.8 Å². The van der Waals surface area contributed by atoms with Crippen LogP contribution in [0.3, 0.4) is 0 Å². The Hall–Kier alpha value is -3.51. The maximum atomic E-state index is 12.6. The molecule has 0 atom stereocenters. The molecule has 1 aromatic heterocycles. The molecule has 0 aliphatic carbocycles. The van der Waals surface area contributed by atoms with E-state index >= 15 is 0 Å². The van der Waals surface area contributed by atoms with Crippen LogP contribution in [0.25, 0.3) is 0 Å². The van der Waals surface area contributed by atoms with E-state index < -0.39 is 32.5 Å². The topological polar surface area (TPSA) is 138 Å². The molecule has 3 rings (SSSR count). The summed E-state index contributed by atoms with van der Waals surface area (Å²) in [6, 6.07) is 14.1. The van der Waals surface area contributed by atoms with E-state index in [9.17, 15) is 21.6 Å². The van der Waals surface area contributed by atoms with Gasteiger partial charge in [-0.1, -0.05) is 25.1 Å². The van der Waals surface area contributed by atoms with Crippen LogP contribution in [-0.2, 0) is 31.3 Å². The summed E-state index contributed by atoms with van der Waals surface area (Å²) in [6.07, 6.45) is 3.08. The Kier molecular flexibility index (Phi) is 7.52. The number of nitrogens with zero attached hydrogens (tertiary/aromatic N) is 3. The summed E-state index contributed by atoms with van der Waals surface area (Å²) in [4.78, 5) is 20.5. The molecule has 180 valence electrons. The fourth-order valence-corrected chi connectivity index (χ4v) is 5.00. The van der Waals surface area contributed by atoms with E-state index in [2.05, 4.69) is 20.0 Å². The first-order valence-corrected chi connectivity index (χ1v) is 13.6. The van der Waals surface area contributed by atoms with Gasteiger partial charge in [-0.3, -0.25) is 9.10 Å². The van der Waals surface area contributed by atoms with Crippen molar-refractivity contribution in [3.8, 4) is 0 Å². The number of hydrogen-bond acceptors (Lipinski definition) is 7. The Morgan fingerprint density at radius 3 is 2.29 bits per heavy atom. The molecule has 0 fully saturated rings. The van der Waals surface area contributed by atoms with E-state index in [1.807, 2.05) is 6.92 Å². The third-order valence-electron chi connectivity index (χ3n) is 4.80. The van der Waals surface area contributed by atoms with Crippen molar-refractivity contribution in [2.45, 2.75) is 25.2 Å². The Labute approximate surface area is 199 Å². The zero-order valence-corrected chi connectivity index (χ0v) is 20.5. The van der Waals surface area contributed by atoms with Crippen LogP contribution in [0, 0.1) is 6.92 Å². The van der Waals surface area contributed by atoms with Crippen LogP contribution in [-0.4, -0.2) is 45.5 Å². The second kappa shape index (κ2) is 10.2. The number of carbonyl (C=O) groups is 1. The molecule has 2 aromatic carbocycles. The van der Waals surface area contributed by atoms with Gasteiger partial charge in [0.25, 0.3) is 10.0 Å². The van der Waals surface area contributed by atoms with Gasteiger partial charge in [-0.2, -0.15) is 0 Å². The molecule has 0 aliphatic heterocycles. The molecule has 3 aromatic rings. The van der Waals surface area contributed by atoms with Crippen LogP contribution in [0.1, 0.15) is 18.2 Å². The minimum absolute atomic E-state index is 0.0504. The van der Waals surface area contributed by atoms with Gasteiger partial charge in [0.15, 0.2) is 0 Å². The van der Waals surface area contributed by atoms with Crippen LogP contribution in [0.5, 0.6) is 0 Å². The predicted molar refractivity (Wildman–Crippen MR) is 131 cm³/mol. The van der Waals surface area contributed by atoms with Crippen molar-refractivity contribution in [1.82, 2.24) is 9.97 Å². The van der Waals surface area contributed by atoms with Crippen LogP contribution >= 0.6 is 0 Å². The highest BCUT2D eigenvalue weighted by molar-refractivity contribution is 7.92. The first-order valence-electron chi connectivity index (χ1n) is 10.3. The predicted octanol–water partition coefficient (Wildman–Crippen LogP) is 2.55. The normalized spacial score (nSPS) is 11.6. The number of hydrogen-bond donors (Lipinski definition) is 2. The van der Waals surface area contributed by atoms with Crippen molar-refractivity contribution < 1.29 is 21.6 Å². The third kappa shape index (κ3) is 6.29. The number of sulfonamides is 2. The quantitative estimate of drug-likeness (QED) is 0.457. The van der Waals surface area contributed by atoms with Gasteiger partial charge in [-0.05, 0) is 55.3 Å². The zero-order valence-electron chi connectivity index (χ0n) is 18.9. The highest BCUT2D eigenvalue weighted by Gasteiger charge is 2.23. The van der Waals surface area contributed by atoms with Gasteiger partial charge in [0.2, 0.25) is 21.9 Å². The number of amides is 1. The standard InChI is InChI=1S/C22H25N5O5S2/c1-4-17-7-5-6-8-20(17)27(33(3,29)30)15-21(28)25-18-9-11-19(12-10-18)34(31,32)26-22-23-14-13-16(2)24-22/h5-14H,4,15H2,1-3H3,(H,25,28)(H,23,24,26). The molecule has 0 spiro atoms. The molecule has 0 unspecified atom stereocenters. The number of carbonyl (C=O) groups excluding carboxylic acids is 1. The van der Waals surface area contributed by atoms with E-state index in [0.29, 0.717) is 23.5 Å². The maximum Gasteiger partial charge on any atom is 0.264 e. The first-order chi connectivity index (χ1) is 16.0. The molecular formula is C22H25N5O5S2. The van der Waals surface area contributed by atoms with Gasteiger partial charge >= 0.3 is 0 Å². The van der Waals surface area contributed by atoms with E-state index in [1.165, 1.54) is 30.5 Å². The number of nitrogens with one attached hydrogen (secondary N) is 2. The van der Waals surface area contributed by atoms with Crippen molar-refractivity contribution >= 4 is 43.3 Å². The Morgan fingerprint density at radius 2 is 1.68 bits per heavy atom. The van der Waals surface area contributed by atoms with Crippen molar-refractivity contribution in [2.24, 2.45) is 0 Å². The molecule has 2 N–H and O–H groups in total. The van der Waals surface area contributed by atoms with Crippen LogP contribution in [0.15, 0.2) is 65.7 Å². The van der Waals surface area contributed by atoms with E-state index in [0.717, 1.165) is 16.1 Å². The summed E-state index contributed by atoms with van der Waals surface area (Å²) in [6.45, 7) is 3.18. The average Bonchev–Trinajstić information content (AvgIpc) is 2.77. The lowest BCUT2D eigenvalue weighted by molar-refractivity contribution is -0.114. The maximum absolute atomic E-state index is 12.6. The Morgan fingerprint density at radius 1 is 1.00 bits per heavy atom. The lowest BCUT2D eigenvalue weighted by Crippen LogP contribution is -2.38. The van der Waals surface area contributed by atoms with Gasteiger partial charge < -0.3 is 5.32 Å². The summed E-state index contributed by atoms with van der Waals surface area (Å²) in [5, 5.41) is 2.60. The minimum atomic E-state index is -3.93. The molecule has 10 nitrogen and oxygen atoms in total. The van der Waals surface area contributed by atoms with Crippen LogP contribution in [0.4, 0.5) is 17.3 Å². The summed E-state index contributed by atoms with van der Waals surface area (Å²) in [7, 11) is -7.66. The first kappa shape index (κ1) is 25.1. The summed E-state index contributed by atoms with van der Waals surface area (Å²) >= 11 is 0. The number of para-hydroxylation sites is 1. The molecule has 34 heavy (non-hydrogen) atoms. The largest absolute Gasteiger partial charge is 0.325 e. The molecule has 0 radical (unpaired) electrons. The van der Waals surface area contributed by atoms with Crippen molar-refractivity contribution in [2.75, 3.05) is 27.1 Å². The minimum Gasteiger partial charge on any atom is -0.325 e. The summed E-state index contributed by atoms with van der Waals surface area (Å²) in [5.41, 5.74) is 2.15. The fourth-order valence-electron chi connectivity index (χ4n) is 3.16. The number of benzene rings is 2. The van der Waals surface area contributed by atoms with E-state index in [4.69, 9.17) is 0 Å². The second-order valence-corrected chi connectivity index (χ2v) is 11.0. The lowest BCUT2D eigenvalue weighted by atomic mass is 10.1. The van der Waals surface area contributed by atoms with E-state index in [1.54, 1.807) is 37.3 Å². The molecule has 0 aliphatic rings. The van der Waals surface area contributed by atoms with Crippen LogP contribution < -0.4 is 14.3 Å². The molecule has 0 bridgehead atoms. The third-order valence-corrected chi connectivity index (χ3v) is 7.27. The highest BCUT2D eigenvalue weighted by Crippen LogP contribution is 2.23. The lowest BCUT2D eigenvalue weighted by Gasteiger charge is -2.24. The number of aromatic nitrogens is 2. The van der Waals surface area contributed by atoms with Gasteiger partial charge in [0.1, 0.15) is 6.54 Å². The Balaban J connectivity index is 1.73. The molecule has 0 saturated carbocycles. The summed E-state index contributed by atoms with van der Waals surface area (Å²) in [5.74, 6) is -0.621. The smallest absolute Gasteiger partial charge is 0.264 e. The number of anilines is 3. The second-order valence-electron chi connectivity index (χ2n) is 7.45. The molecule has 0 saturated heterocycles. The van der Waals surface area contributed by atoms with Gasteiger partial charge in [0.05, 0.1) is 16.8 Å². The molecular weight excluding hydrogens is 478 g/mol.